The molecule has 0 bridgehead atoms. The van der Waals surface area contributed by atoms with Crippen LogP contribution in [0.15, 0.2) is 24.4 Å². The van der Waals surface area contributed by atoms with Crippen molar-refractivity contribution >= 4 is 23.7 Å². The second-order valence-electron chi connectivity index (χ2n) is 3.53. The molecule has 14 heavy (non-hydrogen) atoms. The molecule has 0 spiro atoms. The molecule has 0 saturated heterocycles. The lowest BCUT2D eigenvalue weighted by Crippen LogP contribution is -2.00. The lowest BCUT2D eigenvalue weighted by molar-refractivity contribution is 0.567. The van der Waals surface area contributed by atoms with Crippen molar-refractivity contribution in [3.05, 3.63) is 41.1 Å². The highest BCUT2D eigenvalue weighted by atomic mass is 32.1. The molecule has 0 N–H and O–H groups in total. The van der Waals surface area contributed by atoms with Gasteiger partial charge in [0.05, 0.1) is 0 Å². The SMILES string of the molecule is Cc1ccc(C=S)c(/C=C\N(C)C)c1. The lowest BCUT2D eigenvalue weighted by Gasteiger charge is -2.05. The van der Waals surface area contributed by atoms with Gasteiger partial charge in [-0.3, -0.25) is 0 Å². The van der Waals surface area contributed by atoms with Crippen molar-refractivity contribution < 1.29 is 0 Å². The Morgan fingerprint density at radius 3 is 2.50 bits per heavy atom. The third-order valence-corrected chi connectivity index (χ3v) is 2.18. The zero-order chi connectivity index (χ0) is 10.6. The van der Waals surface area contributed by atoms with Crippen molar-refractivity contribution in [3.63, 3.8) is 0 Å². The smallest absolute Gasteiger partial charge is 0.00921 e. The van der Waals surface area contributed by atoms with Crippen LogP contribution < -0.4 is 0 Å². The van der Waals surface area contributed by atoms with E-state index < -0.39 is 0 Å². The molecule has 0 aliphatic heterocycles. The molecule has 0 atom stereocenters. The van der Waals surface area contributed by atoms with Gasteiger partial charge in [0, 0.05) is 19.5 Å². The predicted octanol–water partition coefficient (Wildman–Crippen LogP) is 2.88. The maximum atomic E-state index is 4.96. The third kappa shape index (κ3) is 2.96. The first kappa shape index (κ1) is 10.9. The first-order chi connectivity index (χ1) is 6.63. The summed E-state index contributed by atoms with van der Waals surface area (Å²) in [5.41, 5.74) is 3.53. The molecular weight excluding hydrogens is 190 g/mol. The second kappa shape index (κ2) is 4.91. The standard InChI is InChI=1S/C12H15NS/c1-10-4-5-12(9-14)11(8-10)6-7-13(2)3/h4-9H,1-3H3/b7-6-. The van der Waals surface area contributed by atoms with Crippen LogP contribution in [0.2, 0.25) is 0 Å². The van der Waals surface area contributed by atoms with Crippen LogP contribution in [0.4, 0.5) is 0 Å². The topological polar surface area (TPSA) is 3.24 Å². The van der Waals surface area contributed by atoms with Crippen LogP contribution in [0, 0.1) is 6.92 Å². The molecule has 1 aromatic rings. The summed E-state index contributed by atoms with van der Waals surface area (Å²) in [6.07, 6.45) is 4.10. The van der Waals surface area contributed by atoms with E-state index in [2.05, 4.69) is 31.2 Å². The Labute approximate surface area is 91.1 Å². The number of thiocarbonyl (C=S) groups is 1. The van der Waals surface area contributed by atoms with Gasteiger partial charge in [0.15, 0.2) is 0 Å². The summed E-state index contributed by atoms with van der Waals surface area (Å²) in [5, 5.41) is 1.72. The molecule has 0 radical (unpaired) electrons. The highest BCUT2D eigenvalue weighted by molar-refractivity contribution is 7.79. The maximum Gasteiger partial charge on any atom is 0.00921 e. The Kier molecular flexibility index (Phi) is 3.84. The number of nitrogens with zero attached hydrogens (tertiary/aromatic N) is 1. The fourth-order valence-electron chi connectivity index (χ4n) is 1.18. The lowest BCUT2D eigenvalue weighted by atomic mass is 10.1. The molecule has 0 amide bonds. The van der Waals surface area contributed by atoms with Gasteiger partial charge in [-0.15, -0.1) is 0 Å². The first-order valence-electron chi connectivity index (χ1n) is 4.54. The second-order valence-corrected chi connectivity index (χ2v) is 3.77. The van der Waals surface area contributed by atoms with Crippen LogP contribution in [0.5, 0.6) is 0 Å². The Bertz CT molecular complexity index is 353. The number of aryl methyl sites for hydroxylation is 1. The van der Waals surface area contributed by atoms with E-state index in [4.69, 9.17) is 12.2 Å². The van der Waals surface area contributed by atoms with E-state index in [1.165, 1.54) is 11.1 Å². The fourth-order valence-corrected chi connectivity index (χ4v) is 1.39. The van der Waals surface area contributed by atoms with Crippen molar-refractivity contribution in [3.8, 4) is 0 Å². The molecule has 0 aromatic heterocycles. The zero-order valence-electron chi connectivity index (χ0n) is 8.82. The van der Waals surface area contributed by atoms with Gasteiger partial charge in [-0.25, -0.2) is 0 Å². The summed E-state index contributed by atoms with van der Waals surface area (Å²) in [5.74, 6) is 0. The number of hydrogen-bond donors (Lipinski definition) is 0. The van der Waals surface area contributed by atoms with Gasteiger partial charge in [-0.2, -0.15) is 0 Å². The van der Waals surface area contributed by atoms with E-state index in [9.17, 15) is 0 Å². The molecule has 0 heterocycles. The van der Waals surface area contributed by atoms with Crippen molar-refractivity contribution in [2.24, 2.45) is 0 Å². The molecule has 2 heteroatoms. The Hall–Kier alpha value is -1.15. The van der Waals surface area contributed by atoms with Crippen LogP contribution in [0.25, 0.3) is 6.08 Å². The van der Waals surface area contributed by atoms with Crippen LogP contribution >= 0.6 is 12.2 Å². The number of rotatable bonds is 3. The zero-order valence-corrected chi connectivity index (χ0v) is 9.64. The van der Waals surface area contributed by atoms with Crippen LogP contribution in [-0.2, 0) is 0 Å². The van der Waals surface area contributed by atoms with E-state index in [1.807, 2.05) is 25.2 Å². The van der Waals surface area contributed by atoms with Crippen molar-refractivity contribution in [1.82, 2.24) is 4.90 Å². The van der Waals surface area contributed by atoms with Crippen LogP contribution in [0.1, 0.15) is 16.7 Å². The van der Waals surface area contributed by atoms with Gasteiger partial charge in [0.1, 0.15) is 0 Å². The molecular formula is C12H15NS. The molecule has 0 aliphatic carbocycles. The minimum absolute atomic E-state index is 1.10. The van der Waals surface area contributed by atoms with Gasteiger partial charge < -0.3 is 4.90 Å². The van der Waals surface area contributed by atoms with E-state index in [1.54, 1.807) is 5.37 Å². The average molecular weight is 205 g/mol. The van der Waals surface area contributed by atoms with E-state index >= 15 is 0 Å². The fraction of sp³-hybridized carbons (Fsp3) is 0.250. The molecule has 0 saturated carbocycles. The van der Waals surface area contributed by atoms with Gasteiger partial charge >= 0.3 is 0 Å². The molecule has 0 unspecified atom stereocenters. The minimum Gasteiger partial charge on any atom is -0.383 e. The van der Waals surface area contributed by atoms with Crippen molar-refractivity contribution in [2.75, 3.05) is 14.1 Å². The van der Waals surface area contributed by atoms with E-state index in [-0.39, 0.29) is 0 Å². The summed E-state index contributed by atoms with van der Waals surface area (Å²) in [6.45, 7) is 2.08. The average Bonchev–Trinajstić information content (AvgIpc) is 2.15. The van der Waals surface area contributed by atoms with Crippen molar-refractivity contribution in [2.45, 2.75) is 6.92 Å². The number of hydrogen-bond acceptors (Lipinski definition) is 2. The highest BCUT2D eigenvalue weighted by Gasteiger charge is 1.96. The maximum absolute atomic E-state index is 4.96. The molecule has 74 valence electrons. The Morgan fingerprint density at radius 2 is 1.93 bits per heavy atom. The van der Waals surface area contributed by atoms with E-state index in [0.717, 1.165) is 5.56 Å². The molecule has 1 aromatic carbocycles. The third-order valence-electron chi connectivity index (χ3n) is 1.92. The summed E-state index contributed by atoms with van der Waals surface area (Å²) >= 11 is 4.96. The highest BCUT2D eigenvalue weighted by Crippen LogP contribution is 2.12. The summed E-state index contributed by atoms with van der Waals surface area (Å²) in [6, 6.07) is 6.26. The van der Waals surface area contributed by atoms with Crippen LogP contribution in [0.3, 0.4) is 0 Å². The van der Waals surface area contributed by atoms with Crippen molar-refractivity contribution in [1.29, 1.82) is 0 Å². The quantitative estimate of drug-likeness (QED) is 0.698. The normalized spacial score (nSPS) is 10.5. The van der Waals surface area contributed by atoms with Gasteiger partial charge in [0.2, 0.25) is 0 Å². The first-order valence-corrected chi connectivity index (χ1v) is 5.01. The Balaban J connectivity index is 3.04. The monoisotopic (exact) mass is 205 g/mol. The minimum atomic E-state index is 1.10. The Morgan fingerprint density at radius 1 is 1.21 bits per heavy atom. The van der Waals surface area contributed by atoms with Gasteiger partial charge in [-0.1, -0.05) is 36.0 Å². The van der Waals surface area contributed by atoms with E-state index in [0.29, 0.717) is 0 Å². The molecule has 1 nitrogen and oxygen atoms in total. The predicted molar refractivity (Wildman–Crippen MR) is 66.7 cm³/mol. The van der Waals surface area contributed by atoms with Gasteiger partial charge in [0.25, 0.3) is 0 Å². The molecule has 0 fully saturated rings. The van der Waals surface area contributed by atoms with Gasteiger partial charge in [-0.05, 0) is 30.3 Å². The molecule has 1 rings (SSSR count). The summed E-state index contributed by atoms with van der Waals surface area (Å²) < 4.78 is 0. The summed E-state index contributed by atoms with van der Waals surface area (Å²) in [4.78, 5) is 2.01. The largest absolute Gasteiger partial charge is 0.383 e. The van der Waals surface area contributed by atoms with Crippen LogP contribution in [-0.4, -0.2) is 24.4 Å². The summed E-state index contributed by atoms with van der Waals surface area (Å²) in [7, 11) is 4.01. The molecule has 0 aliphatic rings. The number of benzene rings is 1.